The Morgan fingerprint density at radius 2 is 1.94 bits per heavy atom. The summed E-state index contributed by atoms with van der Waals surface area (Å²) in [5.41, 5.74) is 8.81. The van der Waals surface area contributed by atoms with Gasteiger partial charge in [0.1, 0.15) is 5.75 Å². The molecule has 2 rings (SSSR count). The molecule has 1 heterocycles. The molecule has 0 fully saturated rings. The number of pyridine rings is 1. The first kappa shape index (κ1) is 12.7. The predicted octanol–water partition coefficient (Wildman–Crippen LogP) is 3.51. The Bertz CT molecular complexity index is 570. The summed E-state index contributed by atoms with van der Waals surface area (Å²) in [6.45, 7) is 9.02. The van der Waals surface area contributed by atoms with Crippen molar-refractivity contribution in [1.82, 2.24) is 4.98 Å². The fraction of sp³-hybridized carbons (Fsp3) is 0.400. The maximum Gasteiger partial charge on any atom is 0.120 e. The molecule has 0 spiro atoms. The molecule has 0 aliphatic carbocycles. The van der Waals surface area contributed by atoms with Crippen molar-refractivity contribution in [2.45, 2.75) is 33.1 Å². The second-order valence-corrected chi connectivity index (χ2v) is 5.46. The molecule has 0 radical (unpaired) electrons. The summed E-state index contributed by atoms with van der Waals surface area (Å²) >= 11 is 0. The normalized spacial score (nSPS) is 11.8. The van der Waals surface area contributed by atoms with E-state index in [4.69, 9.17) is 10.5 Å². The van der Waals surface area contributed by atoms with Crippen LogP contribution in [0.5, 0.6) is 5.75 Å². The highest BCUT2D eigenvalue weighted by atomic mass is 16.5. The highest BCUT2D eigenvalue weighted by molar-refractivity contribution is 5.91. The van der Waals surface area contributed by atoms with E-state index in [1.807, 2.05) is 31.2 Å². The molecule has 0 bridgehead atoms. The average molecular weight is 244 g/mol. The van der Waals surface area contributed by atoms with Crippen LogP contribution in [0.1, 0.15) is 33.4 Å². The van der Waals surface area contributed by atoms with Gasteiger partial charge in [0, 0.05) is 22.2 Å². The fourth-order valence-corrected chi connectivity index (χ4v) is 1.87. The Kier molecular flexibility index (Phi) is 3.16. The Labute approximate surface area is 108 Å². The molecule has 0 aliphatic heterocycles. The molecule has 96 valence electrons. The fourth-order valence-electron chi connectivity index (χ4n) is 1.87. The zero-order valence-electron chi connectivity index (χ0n) is 11.4. The minimum absolute atomic E-state index is 0.000893. The summed E-state index contributed by atoms with van der Waals surface area (Å²) in [7, 11) is 0. The highest BCUT2D eigenvalue weighted by Crippen LogP contribution is 2.29. The van der Waals surface area contributed by atoms with Crippen LogP contribution in [0.3, 0.4) is 0 Å². The largest absolute Gasteiger partial charge is 0.494 e. The molecular formula is C15H20N2O. The number of hydrogen-bond donors (Lipinski definition) is 1. The first-order valence-electron chi connectivity index (χ1n) is 6.25. The number of ether oxygens (including phenoxy) is 1. The molecule has 3 heteroatoms. The van der Waals surface area contributed by atoms with Gasteiger partial charge in [-0.1, -0.05) is 20.8 Å². The van der Waals surface area contributed by atoms with Crippen molar-refractivity contribution < 1.29 is 4.74 Å². The molecule has 18 heavy (non-hydrogen) atoms. The molecular weight excluding hydrogens is 224 g/mol. The molecule has 0 unspecified atom stereocenters. The van der Waals surface area contributed by atoms with Crippen LogP contribution >= 0.6 is 0 Å². The monoisotopic (exact) mass is 244 g/mol. The third-order valence-electron chi connectivity index (χ3n) is 2.89. The van der Waals surface area contributed by atoms with Crippen molar-refractivity contribution in [3.05, 3.63) is 30.0 Å². The van der Waals surface area contributed by atoms with E-state index < -0.39 is 0 Å². The topological polar surface area (TPSA) is 48.1 Å². The smallest absolute Gasteiger partial charge is 0.120 e. The number of fused-ring (bicyclic) bond motifs is 1. The zero-order valence-corrected chi connectivity index (χ0v) is 11.4. The number of rotatable bonds is 2. The first-order valence-corrected chi connectivity index (χ1v) is 6.25. The van der Waals surface area contributed by atoms with Crippen molar-refractivity contribution in [3.63, 3.8) is 0 Å². The van der Waals surface area contributed by atoms with E-state index in [2.05, 4.69) is 25.8 Å². The van der Waals surface area contributed by atoms with Gasteiger partial charge < -0.3 is 10.5 Å². The number of nitrogen functional groups attached to an aromatic ring is 1. The number of anilines is 1. The molecule has 1 aromatic heterocycles. The SMILES string of the molecule is CCOc1ccc2nc(C(C)(C)C)cc(N)c2c1. The molecule has 2 N–H and O–H groups in total. The number of hydrogen-bond acceptors (Lipinski definition) is 3. The third-order valence-corrected chi connectivity index (χ3v) is 2.89. The summed E-state index contributed by atoms with van der Waals surface area (Å²) in [6.07, 6.45) is 0. The van der Waals surface area contributed by atoms with Crippen LogP contribution in [0.2, 0.25) is 0 Å². The van der Waals surface area contributed by atoms with Crippen LogP contribution in [-0.2, 0) is 5.41 Å². The Morgan fingerprint density at radius 3 is 2.56 bits per heavy atom. The average Bonchev–Trinajstić information content (AvgIpc) is 2.29. The maximum atomic E-state index is 6.12. The predicted molar refractivity (Wildman–Crippen MR) is 76.0 cm³/mol. The second kappa shape index (κ2) is 4.48. The van der Waals surface area contributed by atoms with Crippen LogP contribution in [0.25, 0.3) is 10.9 Å². The van der Waals surface area contributed by atoms with Crippen molar-refractivity contribution in [2.75, 3.05) is 12.3 Å². The lowest BCUT2D eigenvalue weighted by Gasteiger charge is -2.19. The van der Waals surface area contributed by atoms with Gasteiger partial charge in [-0.3, -0.25) is 4.98 Å². The molecule has 3 nitrogen and oxygen atoms in total. The number of benzene rings is 1. The summed E-state index contributed by atoms with van der Waals surface area (Å²) in [6, 6.07) is 7.81. The lowest BCUT2D eigenvalue weighted by molar-refractivity contribution is 0.340. The van der Waals surface area contributed by atoms with Gasteiger partial charge in [0.2, 0.25) is 0 Å². The van der Waals surface area contributed by atoms with E-state index in [0.717, 1.165) is 28.0 Å². The van der Waals surface area contributed by atoms with E-state index in [-0.39, 0.29) is 5.41 Å². The summed E-state index contributed by atoms with van der Waals surface area (Å²) in [5, 5.41) is 0.953. The van der Waals surface area contributed by atoms with Gasteiger partial charge in [-0.15, -0.1) is 0 Å². The van der Waals surface area contributed by atoms with Crippen molar-refractivity contribution in [1.29, 1.82) is 0 Å². The number of nitrogens with two attached hydrogens (primary N) is 1. The third kappa shape index (κ3) is 2.40. The van der Waals surface area contributed by atoms with E-state index in [9.17, 15) is 0 Å². The van der Waals surface area contributed by atoms with Gasteiger partial charge in [0.05, 0.1) is 12.1 Å². The molecule has 1 aromatic carbocycles. The zero-order chi connectivity index (χ0) is 13.3. The van der Waals surface area contributed by atoms with Gasteiger partial charge in [-0.25, -0.2) is 0 Å². The summed E-state index contributed by atoms with van der Waals surface area (Å²) in [5.74, 6) is 0.835. The van der Waals surface area contributed by atoms with Gasteiger partial charge in [0.15, 0.2) is 0 Å². The minimum atomic E-state index is 0.000893. The molecule has 0 saturated carbocycles. The molecule has 0 amide bonds. The van der Waals surface area contributed by atoms with Crippen LogP contribution in [0.15, 0.2) is 24.3 Å². The van der Waals surface area contributed by atoms with Crippen molar-refractivity contribution in [3.8, 4) is 5.75 Å². The van der Waals surface area contributed by atoms with E-state index in [1.54, 1.807) is 0 Å². The Morgan fingerprint density at radius 1 is 1.22 bits per heavy atom. The van der Waals surface area contributed by atoms with Crippen LogP contribution in [0.4, 0.5) is 5.69 Å². The maximum absolute atomic E-state index is 6.12. The van der Waals surface area contributed by atoms with Crippen molar-refractivity contribution >= 4 is 16.6 Å². The van der Waals surface area contributed by atoms with E-state index >= 15 is 0 Å². The van der Waals surface area contributed by atoms with Gasteiger partial charge in [-0.05, 0) is 31.2 Å². The molecule has 0 aliphatic rings. The van der Waals surface area contributed by atoms with E-state index in [1.165, 1.54) is 0 Å². The van der Waals surface area contributed by atoms with E-state index in [0.29, 0.717) is 6.61 Å². The lowest BCUT2D eigenvalue weighted by atomic mass is 9.91. The summed E-state index contributed by atoms with van der Waals surface area (Å²) < 4.78 is 5.48. The van der Waals surface area contributed by atoms with Crippen LogP contribution in [-0.4, -0.2) is 11.6 Å². The van der Waals surface area contributed by atoms with Crippen molar-refractivity contribution in [2.24, 2.45) is 0 Å². The minimum Gasteiger partial charge on any atom is -0.494 e. The molecule has 2 aromatic rings. The summed E-state index contributed by atoms with van der Waals surface area (Å²) in [4.78, 5) is 4.67. The van der Waals surface area contributed by atoms with Gasteiger partial charge in [0.25, 0.3) is 0 Å². The number of aromatic nitrogens is 1. The Balaban J connectivity index is 2.59. The molecule has 0 saturated heterocycles. The quantitative estimate of drug-likeness (QED) is 0.879. The van der Waals surface area contributed by atoms with Crippen LogP contribution in [0, 0.1) is 0 Å². The lowest BCUT2D eigenvalue weighted by Crippen LogP contribution is -2.14. The molecule has 0 atom stereocenters. The first-order chi connectivity index (χ1) is 8.41. The van der Waals surface area contributed by atoms with Gasteiger partial charge >= 0.3 is 0 Å². The number of nitrogens with zero attached hydrogens (tertiary/aromatic N) is 1. The Hall–Kier alpha value is -1.77. The van der Waals surface area contributed by atoms with Crippen LogP contribution < -0.4 is 10.5 Å². The highest BCUT2D eigenvalue weighted by Gasteiger charge is 2.17. The second-order valence-electron chi connectivity index (χ2n) is 5.46. The van der Waals surface area contributed by atoms with Gasteiger partial charge in [-0.2, -0.15) is 0 Å². The standard InChI is InChI=1S/C15H20N2O/c1-5-18-10-6-7-13-11(8-10)12(16)9-14(17-13)15(2,3)4/h6-9H,5H2,1-4H3,(H2,16,17).